The van der Waals surface area contributed by atoms with Crippen molar-refractivity contribution in [2.75, 3.05) is 6.54 Å². The van der Waals surface area contributed by atoms with Gasteiger partial charge >= 0.3 is 0 Å². The maximum Gasteiger partial charge on any atom is 0.0794 e. The highest BCUT2D eigenvalue weighted by Gasteiger charge is 2.40. The molecule has 1 atom stereocenters. The number of hydrogen-bond acceptors (Lipinski definition) is 3. The van der Waals surface area contributed by atoms with E-state index in [1.54, 1.807) is 11.3 Å². The number of nitrogens with zero attached hydrogens (tertiary/aromatic N) is 1. The molecule has 2 rings (SSSR count). The van der Waals surface area contributed by atoms with E-state index in [0.717, 1.165) is 18.9 Å². The molecule has 3 heteroatoms. The number of nitrogens with two attached hydrogens (primary N) is 1. The number of hydrogen-bond donors (Lipinski definition) is 1. The molecule has 13 heavy (non-hydrogen) atoms. The van der Waals surface area contributed by atoms with Crippen LogP contribution < -0.4 is 5.73 Å². The van der Waals surface area contributed by atoms with Crippen LogP contribution in [-0.2, 0) is 6.42 Å². The van der Waals surface area contributed by atoms with E-state index in [-0.39, 0.29) is 0 Å². The average Bonchev–Trinajstić information content (AvgIpc) is 2.88. The molecule has 0 spiro atoms. The first-order valence-electron chi connectivity index (χ1n) is 4.82. The van der Waals surface area contributed by atoms with Gasteiger partial charge in [0.15, 0.2) is 0 Å². The molecule has 0 aromatic carbocycles. The standard InChI is InChI=1S/C10H16N2S/c1-10(6-11,8-2-3-8)4-9-5-12-7-13-9/h5,7-8H,2-4,6,11H2,1H3. The van der Waals surface area contributed by atoms with Crippen LogP contribution in [0.15, 0.2) is 11.7 Å². The van der Waals surface area contributed by atoms with E-state index in [4.69, 9.17) is 5.73 Å². The van der Waals surface area contributed by atoms with Crippen LogP contribution in [0.1, 0.15) is 24.6 Å². The molecule has 72 valence electrons. The highest BCUT2D eigenvalue weighted by molar-refractivity contribution is 7.09. The van der Waals surface area contributed by atoms with E-state index >= 15 is 0 Å². The Hall–Kier alpha value is -0.410. The number of thiazole rings is 1. The van der Waals surface area contributed by atoms with Crippen LogP contribution in [0.3, 0.4) is 0 Å². The van der Waals surface area contributed by atoms with E-state index in [1.165, 1.54) is 17.7 Å². The fraction of sp³-hybridized carbons (Fsp3) is 0.700. The van der Waals surface area contributed by atoms with E-state index in [0.29, 0.717) is 5.41 Å². The van der Waals surface area contributed by atoms with Crippen molar-refractivity contribution in [3.63, 3.8) is 0 Å². The third-order valence-corrected chi connectivity index (χ3v) is 3.87. The van der Waals surface area contributed by atoms with Crippen LogP contribution in [-0.4, -0.2) is 11.5 Å². The monoisotopic (exact) mass is 196 g/mol. The molecule has 1 heterocycles. The molecule has 0 radical (unpaired) electrons. The summed E-state index contributed by atoms with van der Waals surface area (Å²) in [6.07, 6.45) is 5.82. The molecule has 0 amide bonds. The van der Waals surface area contributed by atoms with Crippen molar-refractivity contribution >= 4 is 11.3 Å². The van der Waals surface area contributed by atoms with Crippen LogP contribution in [0.5, 0.6) is 0 Å². The normalized spacial score (nSPS) is 21.4. The second kappa shape index (κ2) is 3.39. The maximum atomic E-state index is 5.85. The minimum absolute atomic E-state index is 0.326. The van der Waals surface area contributed by atoms with Gasteiger partial charge in [0.05, 0.1) is 5.51 Å². The van der Waals surface area contributed by atoms with Crippen LogP contribution in [0.4, 0.5) is 0 Å². The summed E-state index contributed by atoms with van der Waals surface area (Å²) in [5.74, 6) is 0.861. The molecule has 1 aromatic heterocycles. The molecule has 1 fully saturated rings. The van der Waals surface area contributed by atoms with Crippen molar-refractivity contribution in [1.29, 1.82) is 0 Å². The van der Waals surface area contributed by atoms with Crippen LogP contribution in [0.25, 0.3) is 0 Å². The van der Waals surface area contributed by atoms with Gasteiger partial charge in [0.2, 0.25) is 0 Å². The van der Waals surface area contributed by atoms with E-state index in [1.807, 2.05) is 11.7 Å². The topological polar surface area (TPSA) is 38.9 Å². The molecule has 1 unspecified atom stereocenters. The Balaban J connectivity index is 2.05. The Bertz CT molecular complexity index is 266. The Morgan fingerprint density at radius 1 is 1.69 bits per heavy atom. The Morgan fingerprint density at radius 3 is 2.92 bits per heavy atom. The Labute approximate surface area is 83.2 Å². The third-order valence-electron chi connectivity index (χ3n) is 3.09. The summed E-state index contributed by atoms with van der Waals surface area (Å²) in [5, 5.41) is 0. The van der Waals surface area contributed by atoms with Gasteiger partial charge in [0.1, 0.15) is 0 Å². The fourth-order valence-corrected chi connectivity index (χ4v) is 2.68. The van der Waals surface area contributed by atoms with Crippen molar-refractivity contribution in [1.82, 2.24) is 4.98 Å². The van der Waals surface area contributed by atoms with Crippen molar-refractivity contribution in [3.05, 3.63) is 16.6 Å². The molecule has 1 saturated carbocycles. The smallest absolute Gasteiger partial charge is 0.0794 e. The van der Waals surface area contributed by atoms with Gasteiger partial charge in [-0.3, -0.25) is 4.98 Å². The maximum absolute atomic E-state index is 5.85. The second-order valence-electron chi connectivity index (χ2n) is 4.28. The summed E-state index contributed by atoms with van der Waals surface area (Å²) in [5.41, 5.74) is 8.08. The van der Waals surface area contributed by atoms with Gasteiger partial charge in [0, 0.05) is 11.1 Å². The highest BCUT2D eigenvalue weighted by atomic mass is 32.1. The first kappa shape index (κ1) is 9.16. The zero-order valence-corrected chi connectivity index (χ0v) is 8.81. The molecular weight excluding hydrogens is 180 g/mol. The molecule has 0 aliphatic heterocycles. The molecule has 0 saturated heterocycles. The zero-order chi connectivity index (χ0) is 9.31. The number of aromatic nitrogens is 1. The average molecular weight is 196 g/mol. The summed E-state index contributed by atoms with van der Waals surface area (Å²) in [6, 6.07) is 0. The lowest BCUT2D eigenvalue weighted by atomic mass is 9.81. The van der Waals surface area contributed by atoms with Gasteiger partial charge in [0.25, 0.3) is 0 Å². The lowest BCUT2D eigenvalue weighted by molar-refractivity contribution is 0.283. The summed E-state index contributed by atoms with van der Waals surface area (Å²) in [6.45, 7) is 3.11. The fourth-order valence-electron chi connectivity index (χ4n) is 1.89. The lowest BCUT2D eigenvalue weighted by Crippen LogP contribution is -2.31. The van der Waals surface area contributed by atoms with Gasteiger partial charge < -0.3 is 5.73 Å². The van der Waals surface area contributed by atoms with Gasteiger partial charge in [-0.2, -0.15) is 0 Å². The largest absolute Gasteiger partial charge is 0.330 e. The molecular formula is C10H16N2S. The zero-order valence-electron chi connectivity index (χ0n) is 7.99. The van der Waals surface area contributed by atoms with Crippen molar-refractivity contribution < 1.29 is 0 Å². The highest BCUT2D eigenvalue weighted by Crippen LogP contribution is 2.46. The minimum Gasteiger partial charge on any atom is -0.330 e. The van der Waals surface area contributed by atoms with Crippen molar-refractivity contribution in [2.24, 2.45) is 17.1 Å². The minimum atomic E-state index is 0.326. The van der Waals surface area contributed by atoms with Gasteiger partial charge in [-0.1, -0.05) is 6.92 Å². The third kappa shape index (κ3) is 1.92. The molecule has 2 nitrogen and oxygen atoms in total. The second-order valence-corrected chi connectivity index (χ2v) is 5.25. The predicted octanol–water partition coefficient (Wildman–Crippen LogP) is 2.06. The van der Waals surface area contributed by atoms with Crippen LogP contribution in [0.2, 0.25) is 0 Å². The van der Waals surface area contributed by atoms with Crippen molar-refractivity contribution in [2.45, 2.75) is 26.2 Å². The van der Waals surface area contributed by atoms with E-state index < -0.39 is 0 Å². The Morgan fingerprint density at radius 2 is 2.46 bits per heavy atom. The van der Waals surface area contributed by atoms with Crippen LogP contribution >= 0.6 is 11.3 Å². The first-order chi connectivity index (χ1) is 6.24. The van der Waals surface area contributed by atoms with Gasteiger partial charge in [-0.05, 0) is 37.1 Å². The quantitative estimate of drug-likeness (QED) is 0.800. The molecule has 1 aliphatic carbocycles. The summed E-state index contributed by atoms with van der Waals surface area (Å²) < 4.78 is 0. The van der Waals surface area contributed by atoms with Gasteiger partial charge in [-0.15, -0.1) is 11.3 Å². The van der Waals surface area contributed by atoms with Gasteiger partial charge in [-0.25, -0.2) is 0 Å². The summed E-state index contributed by atoms with van der Waals surface area (Å²) >= 11 is 1.74. The summed E-state index contributed by atoms with van der Waals surface area (Å²) in [7, 11) is 0. The molecule has 1 aliphatic rings. The Kier molecular flexibility index (Phi) is 2.39. The number of rotatable bonds is 4. The first-order valence-corrected chi connectivity index (χ1v) is 5.70. The molecule has 0 bridgehead atoms. The van der Waals surface area contributed by atoms with E-state index in [2.05, 4.69) is 11.9 Å². The van der Waals surface area contributed by atoms with Crippen molar-refractivity contribution in [3.8, 4) is 0 Å². The van der Waals surface area contributed by atoms with Crippen LogP contribution in [0, 0.1) is 11.3 Å². The molecule has 1 aromatic rings. The van der Waals surface area contributed by atoms with E-state index in [9.17, 15) is 0 Å². The molecule has 2 N–H and O–H groups in total. The SMILES string of the molecule is CC(CN)(Cc1cncs1)C1CC1. The predicted molar refractivity (Wildman–Crippen MR) is 55.7 cm³/mol. The lowest BCUT2D eigenvalue weighted by Gasteiger charge is -2.27. The summed E-state index contributed by atoms with van der Waals surface area (Å²) in [4.78, 5) is 5.47.